The van der Waals surface area contributed by atoms with E-state index in [0.29, 0.717) is 6.42 Å². The van der Waals surface area contributed by atoms with E-state index in [2.05, 4.69) is 5.32 Å². The van der Waals surface area contributed by atoms with Crippen molar-refractivity contribution in [3.05, 3.63) is 23.4 Å². The molecule has 2 heteroatoms. The van der Waals surface area contributed by atoms with Gasteiger partial charge >= 0.3 is 0 Å². The molecule has 0 radical (unpaired) electrons. The number of rotatable bonds is 0. The van der Waals surface area contributed by atoms with Crippen molar-refractivity contribution >= 4 is 5.91 Å². The number of carbonyl (C=O) groups is 1. The summed E-state index contributed by atoms with van der Waals surface area (Å²) in [4.78, 5) is 10.8. The highest BCUT2D eigenvalue weighted by Gasteiger charge is 2.04. The quantitative estimate of drug-likeness (QED) is 0.536. The van der Waals surface area contributed by atoms with Gasteiger partial charge in [0, 0.05) is 12.6 Å². The number of nitrogens with one attached hydrogen (secondary N) is 1. The van der Waals surface area contributed by atoms with Gasteiger partial charge in [-0.2, -0.15) is 0 Å². The Labute approximate surface area is 60.6 Å². The molecule has 0 bridgehead atoms. The van der Waals surface area contributed by atoms with E-state index < -0.39 is 0 Å². The lowest BCUT2D eigenvalue weighted by molar-refractivity contribution is -0.119. The van der Waals surface area contributed by atoms with Gasteiger partial charge in [-0.05, 0) is 19.9 Å². The molecule has 1 amide bonds. The van der Waals surface area contributed by atoms with Crippen molar-refractivity contribution in [2.75, 3.05) is 0 Å². The first-order chi connectivity index (χ1) is 4.70. The van der Waals surface area contributed by atoms with Crippen molar-refractivity contribution in [3.8, 4) is 0 Å². The van der Waals surface area contributed by atoms with Crippen molar-refractivity contribution in [2.45, 2.75) is 20.3 Å². The third-order valence-corrected chi connectivity index (χ3v) is 1.68. The van der Waals surface area contributed by atoms with Crippen LogP contribution in [0.1, 0.15) is 20.3 Å². The second-order valence-electron chi connectivity index (χ2n) is 2.54. The summed E-state index contributed by atoms with van der Waals surface area (Å²) in [6.45, 7) is 3.98. The number of amides is 1. The third kappa shape index (κ3) is 1.47. The molecular weight excluding hydrogens is 126 g/mol. The molecule has 0 atom stereocenters. The Morgan fingerprint density at radius 1 is 1.50 bits per heavy atom. The summed E-state index contributed by atoms with van der Waals surface area (Å²) in [7, 11) is 0. The molecule has 1 heterocycles. The topological polar surface area (TPSA) is 29.1 Å². The minimum absolute atomic E-state index is 0.0746. The predicted octanol–water partition coefficient (Wildman–Crippen LogP) is 1.36. The summed E-state index contributed by atoms with van der Waals surface area (Å²) < 4.78 is 0. The molecule has 0 spiro atoms. The van der Waals surface area contributed by atoms with Crippen LogP contribution >= 0.6 is 0 Å². The minimum atomic E-state index is 0.0746. The Morgan fingerprint density at radius 2 is 2.20 bits per heavy atom. The first kappa shape index (κ1) is 7.06. The first-order valence-electron chi connectivity index (χ1n) is 3.32. The van der Waals surface area contributed by atoms with Crippen molar-refractivity contribution < 1.29 is 4.79 Å². The van der Waals surface area contributed by atoms with E-state index >= 15 is 0 Å². The zero-order chi connectivity index (χ0) is 7.56. The maximum Gasteiger partial charge on any atom is 0.227 e. The van der Waals surface area contributed by atoms with Crippen molar-refractivity contribution in [1.29, 1.82) is 0 Å². The van der Waals surface area contributed by atoms with Crippen LogP contribution in [0, 0.1) is 0 Å². The third-order valence-electron chi connectivity index (χ3n) is 1.68. The molecule has 0 aromatic rings. The molecule has 0 unspecified atom stereocenters. The standard InChI is InChI=1S/C8H11NO/c1-6-3-4-9-8(10)5-7(6)2/h3-4H,5H2,1-2H3,(H,9,10). The van der Waals surface area contributed by atoms with Gasteiger partial charge in [-0.1, -0.05) is 11.1 Å². The van der Waals surface area contributed by atoms with Crippen molar-refractivity contribution in [1.82, 2.24) is 5.32 Å². The Morgan fingerprint density at radius 3 is 2.90 bits per heavy atom. The molecule has 2 nitrogen and oxygen atoms in total. The fraction of sp³-hybridized carbons (Fsp3) is 0.375. The van der Waals surface area contributed by atoms with Crippen molar-refractivity contribution in [2.24, 2.45) is 0 Å². The van der Waals surface area contributed by atoms with Crippen LogP contribution < -0.4 is 5.32 Å². The van der Waals surface area contributed by atoms with Gasteiger partial charge in [-0.15, -0.1) is 0 Å². The molecule has 10 heavy (non-hydrogen) atoms. The fourth-order valence-corrected chi connectivity index (χ4v) is 0.833. The van der Waals surface area contributed by atoms with Gasteiger partial charge in [0.15, 0.2) is 0 Å². The molecule has 0 aliphatic carbocycles. The van der Waals surface area contributed by atoms with E-state index in [1.807, 2.05) is 19.9 Å². The van der Waals surface area contributed by atoms with Crippen LogP contribution in [0.5, 0.6) is 0 Å². The summed E-state index contributed by atoms with van der Waals surface area (Å²) in [5.41, 5.74) is 2.32. The van der Waals surface area contributed by atoms with Gasteiger partial charge in [-0.25, -0.2) is 0 Å². The monoisotopic (exact) mass is 137 g/mol. The molecule has 1 aliphatic rings. The maximum atomic E-state index is 10.8. The maximum absolute atomic E-state index is 10.8. The van der Waals surface area contributed by atoms with E-state index in [4.69, 9.17) is 0 Å². The summed E-state index contributed by atoms with van der Waals surface area (Å²) >= 11 is 0. The van der Waals surface area contributed by atoms with Gasteiger partial charge in [0.1, 0.15) is 0 Å². The van der Waals surface area contributed by atoms with Crippen LogP contribution in [0.25, 0.3) is 0 Å². The fourth-order valence-electron chi connectivity index (χ4n) is 0.833. The number of allylic oxidation sites excluding steroid dienone is 2. The molecule has 54 valence electrons. The lowest BCUT2D eigenvalue weighted by Crippen LogP contribution is -2.15. The number of hydrogen-bond donors (Lipinski definition) is 1. The van der Waals surface area contributed by atoms with Crippen LogP contribution in [0.4, 0.5) is 0 Å². The van der Waals surface area contributed by atoms with Gasteiger partial charge in [-0.3, -0.25) is 4.79 Å². The van der Waals surface area contributed by atoms with Gasteiger partial charge in [0.25, 0.3) is 0 Å². The highest BCUT2D eigenvalue weighted by molar-refractivity contribution is 5.80. The SMILES string of the molecule is CC1=C(C)CC(=O)NC=C1. The van der Waals surface area contributed by atoms with E-state index in [0.717, 1.165) is 5.57 Å². The van der Waals surface area contributed by atoms with Gasteiger partial charge in [0.05, 0.1) is 0 Å². The second kappa shape index (κ2) is 2.69. The Hall–Kier alpha value is -1.05. The average molecular weight is 137 g/mol. The average Bonchev–Trinajstić information content (AvgIpc) is 1.96. The van der Waals surface area contributed by atoms with E-state index in [1.54, 1.807) is 6.20 Å². The summed E-state index contributed by atoms with van der Waals surface area (Å²) in [5.74, 6) is 0.0746. The zero-order valence-corrected chi connectivity index (χ0v) is 6.27. The Balaban J connectivity index is 2.85. The molecule has 0 fully saturated rings. The number of hydrogen-bond acceptors (Lipinski definition) is 1. The Kier molecular flexibility index (Phi) is 1.90. The van der Waals surface area contributed by atoms with Crippen LogP contribution in [0.2, 0.25) is 0 Å². The summed E-state index contributed by atoms with van der Waals surface area (Å²) in [5, 5.41) is 2.64. The second-order valence-corrected chi connectivity index (χ2v) is 2.54. The van der Waals surface area contributed by atoms with Crippen LogP contribution in [-0.2, 0) is 4.79 Å². The van der Waals surface area contributed by atoms with Crippen LogP contribution in [0.15, 0.2) is 23.4 Å². The summed E-state index contributed by atoms with van der Waals surface area (Å²) in [6, 6.07) is 0. The molecule has 1 N–H and O–H groups in total. The molecule has 0 saturated heterocycles. The van der Waals surface area contributed by atoms with Gasteiger partial charge in [0.2, 0.25) is 5.91 Å². The van der Waals surface area contributed by atoms with Crippen LogP contribution in [-0.4, -0.2) is 5.91 Å². The normalized spacial score (nSPS) is 18.8. The molecular formula is C8H11NO. The highest BCUT2D eigenvalue weighted by atomic mass is 16.1. The van der Waals surface area contributed by atoms with E-state index in [-0.39, 0.29) is 5.91 Å². The van der Waals surface area contributed by atoms with E-state index in [1.165, 1.54) is 5.57 Å². The smallest absolute Gasteiger partial charge is 0.227 e. The van der Waals surface area contributed by atoms with E-state index in [9.17, 15) is 4.79 Å². The van der Waals surface area contributed by atoms with Crippen LogP contribution in [0.3, 0.4) is 0 Å². The molecule has 1 rings (SSSR count). The van der Waals surface area contributed by atoms with Crippen molar-refractivity contribution in [3.63, 3.8) is 0 Å². The lowest BCUT2D eigenvalue weighted by Gasteiger charge is -1.97. The largest absolute Gasteiger partial charge is 0.332 e. The first-order valence-corrected chi connectivity index (χ1v) is 3.32. The summed E-state index contributed by atoms with van der Waals surface area (Å²) in [6.07, 6.45) is 4.13. The molecule has 0 aromatic heterocycles. The zero-order valence-electron chi connectivity index (χ0n) is 6.27. The molecule has 0 saturated carbocycles. The Bertz CT molecular complexity index is 213. The predicted molar refractivity (Wildman–Crippen MR) is 40.3 cm³/mol. The lowest BCUT2D eigenvalue weighted by atomic mass is 10.1. The van der Waals surface area contributed by atoms with Gasteiger partial charge < -0.3 is 5.32 Å². The molecule has 1 aliphatic heterocycles. The molecule has 0 aromatic carbocycles. The minimum Gasteiger partial charge on any atom is -0.332 e. The highest BCUT2D eigenvalue weighted by Crippen LogP contribution is 2.10. The number of carbonyl (C=O) groups excluding carboxylic acids is 1.